The first kappa shape index (κ1) is 14.8. The highest BCUT2D eigenvalue weighted by Crippen LogP contribution is 2.28. The van der Waals surface area contributed by atoms with Crippen LogP contribution in [-0.2, 0) is 4.79 Å². The lowest BCUT2D eigenvalue weighted by Crippen LogP contribution is -2.47. The number of hydrogen-bond acceptors (Lipinski definition) is 2. The van der Waals surface area contributed by atoms with Crippen LogP contribution in [0.2, 0.25) is 0 Å². The molecule has 0 aromatic carbocycles. The standard InChI is InChI=1S/C16H30N2O/c1-12-6-5-7-14(10-12)11-17-13(2)16(19)18-15-8-3-4-9-15/h12-15,17H,3-11H2,1-2H3,(H,18,19). The Bertz CT molecular complexity index is 286. The molecule has 3 atom stereocenters. The maximum atomic E-state index is 12.1. The zero-order valence-corrected chi connectivity index (χ0v) is 12.6. The monoisotopic (exact) mass is 266 g/mol. The highest BCUT2D eigenvalue weighted by atomic mass is 16.2. The summed E-state index contributed by atoms with van der Waals surface area (Å²) in [5, 5.41) is 6.61. The maximum absolute atomic E-state index is 12.1. The van der Waals surface area contributed by atoms with Crippen molar-refractivity contribution >= 4 is 5.91 Å². The van der Waals surface area contributed by atoms with Crippen molar-refractivity contribution in [2.24, 2.45) is 11.8 Å². The number of hydrogen-bond donors (Lipinski definition) is 2. The molecule has 0 radical (unpaired) electrons. The molecule has 2 saturated carbocycles. The van der Waals surface area contributed by atoms with E-state index in [9.17, 15) is 4.79 Å². The summed E-state index contributed by atoms with van der Waals surface area (Å²) in [5.41, 5.74) is 0. The lowest BCUT2D eigenvalue weighted by atomic mass is 9.82. The van der Waals surface area contributed by atoms with Gasteiger partial charge in [0.2, 0.25) is 5.91 Å². The topological polar surface area (TPSA) is 41.1 Å². The fourth-order valence-electron chi connectivity index (χ4n) is 3.58. The van der Waals surface area contributed by atoms with Gasteiger partial charge in [-0.05, 0) is 51.0 Å². The summed E-state index contributed by atoms with van der Waals surface area (Å²) in [6.07, 6.45) is 10.3. The van der Waals surface area contributed by atoms with Crippen molar-refractivity contribution < 1.29 is 4.79 Å². The molecular weight excluding hydrogens is 236 g/mol. The third-order valence-electron chi connectivity index (χ3n) is 4.85. The molecule has 2 fully saturated rings. The maximum Gasteiger partial charge on any atom is 0.237 e. The van der Waals surface area contributed by atoms with Gasteiger partial charge in [0, 0.05) is 6.04 Å². The lowest BCUT2D eigenvalue weighted by molar-refractivity contribution is -0.123. The van der Waals surface area contributed by atoms with Crippen molar-refractivity contribution in [1.29, 1.82) is 0 Å². The van der Waals surface area contributed by atoms with Crippen LogP contribution in [-0.4, -0.2) is 24.5 Å². The normalized spacial score (nSPS) is 30.2. The van der Waals surface area contributed by atoms with E-state index in [1.54, 1.807) is 0 Å². The summed E-state index contributed by atoms with van der Waals surface area (Å²) in [6.45, 7) is 5.35. The zero-order chi connectivity index (χ0) is 13.7. The molecule has 2 aliphatic carbocycles. The Hall–Kier alpha value is -0.570. The molecule has 0 saturated heterocycles. The molecule has 0 aromatic heterocycles. The molecule has 2 N–H and O–H groups in total. The largest absolute Gasteiger partial charge is 0.352 e. The summed E-state index contributed by atoms with van der Waals surface area (Å²) >= 11 is 0. The number of carbonyl (C=O) groups excluding carboxylic acids is 1. The van der Waals surface area contributed by atoms with Gasteiger partial charge in [-0.25, -0.2) is 0 Å². The van der Waals surface area contributed by atoms with Crippen LogP contribution in [0.15, 0.2) is 0 Å². The minimum Gasteiger partial charge on any atom is -0.352 e. The molecule has 3 unspecified atom stereocenters. The van der Waals surface area contributed by atoms with E-state index in [-0.39, 0.29) is 11.9 Å². The van der Waals surface area contributed by atoms with Gasteiger partial charge >= 0.3 is 0 Å². The molecule has 0 spiro atoms. The Morgan fingerprint density at radius 2 is 1.89 bits per heavy atom. The van der Waals surface area contributed by atoms with E-state index in [1.165, 1.54) is 51.4 Å². The van der Waals surface area contributed by atoms with Crippen molar-refractivity contribution in [3.8, 4) is 0 Å². The Kier molecular flexibility index (Phi) is 5.68. The highest BCUT2D eigenvalue weighted by Gasteiger charge is 2.22. The van der Waals surface area contributed by atoms with E-state index < -0.39 is 0 Å². The smallest absolute Gasteiger partial charge is 0.237 e. The molecule has 19 heavy (non-hydrogen) atoms. The molecule has 1 amide bonds. The third-order valence-corrected chi connectivity index (χ3v) is 4.85. The highest BCUT2D eigenvalue weighted by molar-refractivity contribution is 5.81. The van der Waals surface area contributed by atoms with Crippen LogP contribution < -0.4 is 10.6 Å². The number of carbonyl (C=O) groups is 1. The van der Waals surface area contributed by atoms with Crippen LogP contribution in [0.25, 0.3) is 0 Å². The summed E-state index contributed by atoms with van der Waals surface area (Å²) in [5.74, 6) is 1.82. The third kappa shape index (κ3) is 4.79. The zero-order valence-electron chi connectivity index (χ0n) is 12.6. The van der Waals surface area contributed by atoms with E-state index >= 15 is 0 Å². The van der Waals surface area contributed by atoms with Crippen molar-refractivity contribution in [2.45, 2.75) is 77.3 Å². The van der Waals surface area contributed by atoms with Gasteiger partial charge in [-0.3, -0.25) is 4.79 Å². The molecule has 3 nitrogen and oxygen atoms in total. The molecule has 2 aliphatic rings. The van der Waals surface area contributed by atoms with Gasteiger partial charge in [0.1, 0.15) is 0 Å². The van der Waals surface area contributed by atoms with Gasteiger partial charge in [0.15, 0.2) is 0 Å². The van der Waals surface area contributed by atoms with Gasteiger partial charge in [0.05, 0.1) is 6.04 Å². The molecule has 0 bridgehead atoms. The SMILES string of the molecule is CC1CCCC(CNC(C)C(=O)NC2CCCC2)C1. The molecule has 3 heteroatoms. The number of rotatable bonds is 5. The minimum atomic E-state index is -0.0437. The van der Waals surface area contributed by atoms with Gasteiger partial charge < -0.3 is 10.6 Å². The van der Waals surface area contributed by atoms with Gasteiger partial charge in [-0.1, -0.05) is 32.6 Å². The van der Waals surface area contributed by atoms with Crippen LogP contribution in [0.3, 0.4) is 0 Å². The molecule has 0 aromatic rings. The first-order valence-corrected chi connectivity index (χ1v) is 8.19. The minimum absolute atomic E-state index is 0.0437. The first-order chi connectivity index (χ1) is 9.15. The van der Waals surface area contributed by atoms with E-state index in [4.69, 9.17) is 0 Å². The molecule has 0 heterocycles. The first-order valence-electron chi connectivity index (χ1n) is 8.19. The van der Waals surface area contributed by atoms with Crippen molar-refractivity contribution in [1.82, 2.24) is 10.6 Å². The van der Waals surface area contributed by atoms with Gasteiger partial charge in [0.25, 0.3) is 0 Å². The van der Waals surface area contributed by atoms with Crippen molar-refractivity contribution in [2.75, 3.05) is 6.54 Å². The van der Waals surface area contributed by atoms with Crippen LogP contribution in [0.5, 0.6) is 0 Å². The van der Waals surface area contributed by atoms with Crippen molar-refractivity contribution in [3.05, 3.63) is 0 Å². The Labute approximate surface area is 117 Å². The second kappa shape index (κ2) is 7.28. The average Bonchev–Trinajstić information content (AvgIpc) is 2.89. The summed E-state index contributed by atoms with van der Waals surface area (Å²) < 4.78 is 0. The summed E-state index contributed by atoms with van der Waals surface area (Å²) in [6, 6.07) is 0.393. The molecule has 110 valence electrons. The van der Waals surface area contributed by atoms with Gasteiger partial charge in [-0.15, -0.1) is 0 Å². The lowest BCUT2D eigenvalue weighted by Gasteiger charge is -2.28. The second-order valence-corrected chi connectivity index (χ2v) is 6.76. The van der Waals surface area contributed by atoms with Crippen molar-refractivity contribution in [3.63, 3.8) is 0 Å². The Balaban J connectivity index is 1.65. The number of nitrogens with one attached hydrogen (secondary N) is 2. The van der Waals surface area contributed by atoms with E-state index in [0.717, 1.165) is 18.4 Å². The molecular formula is C16H30N2O. The van der Waals surface area contributed by atoms with Crippen LogP contribution in [0.4, 0.5) is 0 Å². The molecule has 2 rings (SSSR count). The predicted octanol–water partition coefficient (Wildman–Crippen LogP) is 2.85. The Morgan fingerprint density at radius 3 is 2.58 bits per heavy atom. The molecule has 0 aliphatic heterocycles. The quantitative estimate of drug-likeness (QED) is 0.803. The second-order valence-electron chi connectivity index (χ2n) is 6.76. The average molecular weight is 266 g/mol. The fourth-order valence-corrected chi connectivity index (χ4v) is 3.58. The van der Waals surface area contributed by atoms with Crippen LogP contribution in [0.1, 0.15) is 65.2 Å². The predicted molar refractivity (Wildman–Crippen MR) is 79.0 cm³/mol. The Morgan fingerprint density at radius 1 is 1.16 bits per heavy atom. The van der Waals surface area contributed by atoms with Gasteiger partial charge in [-0.2, -0.15) is 0 Å². The van der Waals surface area contributed by atoms with E-state index in [2.05, 4.69) is 17.6 Å². The van der Waals surface area contributed by atoms with Crippen LogP contribution >= 0.6 is 0 Å². The number of amides is 1. The summed E-state index contributed by atoms with van der Waals surface area (Å²) in [4.78, 5) is 12.1. The van der Waals surface area contributed by atoms with E-state index in [1.807, 2.05) is 6.92 Å². The summed E-state index contributed by atoms with van der Waals surface area (Å²) in [7, 11) is 0. The van der Waals surface area contributed by atoms with Crippen LogP contribution in [0, 0.1) is 11.8 Å². The van der Waals surface area contributed by atoms with E-state index in [0.29, 0.717) is 6.04 Å². The fraction of sp³-hybridized carbons (Fsp3) is 0.938.